The molecule has 2 heteroatoms. The van der Waals surface area contributed by atoms with Gasteiger partial charge in [0.25, 0.3) is 0 Å². The molecule has 0 aliphatic carbocycles. The number of hydrogen-bond acceptors (Lipinski definition) is 2. The van der Waals surface area contributed by atoms with Gasteiger partial charge in [-0.3, -0.25) is 0 Å². The van der Waals surface area contributed by atoms with Gasteiger partial charge < -0.3 is 9.47 Å². The Hall–Kier alpha value is -1.02. The molecule has 0 amide bonds. The molecular weight excluding hydrogens is 188 g/mol. The van der Waals surface area contributed by atoms with Crippen molar-refractivity contribution in [3.63, 3.8) is 0 Å². The Bertz CT molecular complexity index is 340. The Kier molecular flexibility index (Phi) is 2.96. The lowest BCUT2D eigenvalue weighted by molar-refractivity contribution is -0.0799. The van der Waals surface area contributed by atoms with Crippen molar-refractivity contribution in [2.24, 2.45) is 0 Å². The molecule has 1 aliphatic rings. The van der Waals surface area contributed by atoms with E-state index < -0.39 is 0 Å². The monoisotopic (exact) mass is 206 g/mol. The smallest absolute Gasteiger partial charge is 0.145 e. The minimum Gasteiger partial charge on any atom is -0.485 e. The number of benzene rings is 1. The summed E-state index contributed by atoms with van der Waals surface area (Å²) in [6, 6.07) is 6.43. The van der Waals surface area contributed by atoms with E-state index in [1.54, 1.807) is 0 Å². The summed E-state index contributed by atoms with van der Waals surface area (Å²) in [6.07, 6.45) is 0.258. The fraction of sp³-hybridized carbons (Fsp3) is 0.538. The van der Waals surface area contributed by atoms with Crippen molar-refractivity contribution < 1.29 is 9.47 Å². The lowest BCUT2D eigenvalue weighted by Gasteiger charge is -2.27. The Morgan fingerprint density at radius 2 is 2.07 bits per heavy atom. The molecule has 0 spiro atoms. The molecule has 1 heterocycles. The molecule has 0 atom stereocenters. The molecule has 82 valence electrons. The summed E-state index contributed by atoms with van der Waals surface area (Å²) in [5.41, 5.74) is 2.58. The van der Waals surface area contributed by atoms with E-state index in [0.29, 0.717) is 5.92 Å². The average Bonchev–Trinajstić information content (AvgIpc) is 2.12. The van der Waals surface area contributed by atoms with Crippen LogP contribution in [-0.4, -0.2) is 19.3 Å². The third-order valence-corrected chi connectivity index (χ3v) is 2.77. The van der Waals surface area contributed by atoms with E-state index in [4.69, 9.17) is 9.47 Å². The first-order chi connectivity index (χ1) is 7.16. The summed E-state index contributed by atoms with van der Waals surface area (Å²) in [4.78, 5) is 0. The Morgan fingerprint density at radius 1 is 1.33 bits per heavy atom. The van der Waals surface area contributed by atoms with Crippen molar-refractivity contribution >= 4 is 0 Å². The second kappa shape index (κ2) is 4.23. The van der Waals surface area contributed by atoms with Crippen LogP contribution in [0.3, 0.4) is 0 Å². The summed E-state index contributed by atoms with van der Waals surface area (Å²) in [5.74, 6) is 1.57. The minimum absolute atomic E-state index is 0.258. The van der Waals surface area contributed by atoms with Gasteiger partial charge in [0.05, 0.1) is 13.2 Å². The molecule has 1 fully saturated rings. The first kappa shape index (κ1) is 10.5. The van der Waals surface area contributed by atoms with Crippen molar-refractivity contribution in [1.82, 2.24) is 0 Å². The minimum atomic E-state index is 0.258. The molecule has 0 aromatic heterocycles. The summed E-state index contributed by atoms with van der Waals surface area (Å²) in [5, 5.41) is 0. The zero-order valence-corrected chi connectivity index (χ0v) is 9.62. The van der Waals surface area contributed by atoms with E-state index in [2.05, 4.69) is 39.0 Å². The molecule has 1 saturated heterocycles. The second-order valence-electron chi connectivity index (χ2n) is 4.46. The molecule has 2 nitrogen and oxygen atoms in total. The fourth-order valence-corrected chi connectivity index (χ4v) is 1.63. The largest absolute Gasteiger partial charge is 0.485 e. The van der Waals surface area contributed by atoms with Gasteiger partial charge in [0, 0.05) is 0 Å². The topological polar surface area (TPSA) is 18.5 Å². The van der Waals surface area contributed by atoms with Crippen LogP contribution < -0.4 is 4.74 Å². The summed E-state index contributed by atoms with van der Waals surface area (Å²) in [7, 11) is 0. The van der Waals surface area contributed by atoms with E-state index in [0.717, 1.165) is 19.0 Å². The van der Waals surface area contributed by atoms with Gasteiger partial charge in [-0.05, 0) is 30.0 Å². The fourth-order valence-electron chi connectivity index (χ4n) is 1.63. The second-order valence-corrected chi connectivity index (χ2v) is 4.46. The molecule has 15 heavy (non-hydrogen) atoms. The first-order valence-electron chi connectivity index (χ1n) is 5.52. The molecule has 0 N–H and O–H groups in total. The van der Waals surface area contributed by atoms with Crippen molar-refractivity contribution in [2.45, 2.75) is 32.8 Å². The summed E-state index contributed by atoms with van der Waals surface area (Å²) < 4.78 is 10.9. The summed E-state index contributed by atoms with van der Waals surface area (Å²) in [6.45, 7) is 7.96. The predicted octanol–water partition coefficient (Wildman–Crippen LogP) is 2.90. The molecule has 1 aromatic carbocycles. The van der Waals surface area contributed by atoms with Crippen LogP contribution in [0.2, 0.25) is 0 Å². The van der Waals surface area contributed by atoms with Gasteiger partial charge in [-0.15, -0.1) is 0 Å². The van der Waals surface area contributed by atoms with Gasteiger partial charge in [0.2, 0.25) is 0 Å². The lowest BCUT2D eigenvalue weighted by atomic mass is 10.0. The third kappa shape index (κ3) is 2.32. The van der Waals surface area contributed by atoms with Crippen LogP contribution in [0.5, 0.6) is 5.75 Å². The van der Waals surface area contributed by atoms with Crippen LogP contribution in [0.4, 0.5) is 0 Å². The zero-order valence-electron chi connectivity index (χ0n) is 9.62. The van der Waals surface area contributed by atoms with Crippen molar-refractivity contribution in [2.75, 3.05) is 13.2 Å². The van der Waals surface area contributed by atoms with Crippen molar-refractivity contribution in [1.29, 1.82) is 0 Å². The highest BCUT2D eigenvalue weighted by atomic mass is 16.6. The van der Waals surface area contributed by atoms with Crippen LogP contribution in [0.1, 0.15) is 30.9 Å². The number of hydrogen-bond donors (Lipinski definition) is 0. The highest BCUT2D eigenvalue weighted by Crippen LogP contribution is 2.25. The molecule has 0 bridgehead atoms. The van der Waals surface area contributed by atoms with E-state index in [9.17, 15) is 0 Å². The standard InChI is InChI=1S/C13H18O2/c1-9(2)11-4-5-13(10(3)6-11)15-12-7-14-8-12/h4-6,9,12H,7-8H2,1-3H3. The van der Waals surface area contributed by atoms with Crippen LogP contribution in [0.15, 0.2) is 18.2 Å². The SMILES string of the molecule is Cc1cc(C(C)C)ccc1OC1COC1. The number of rotatable bonds is 3. The Labute approximate surface area is 91.2 Å². The van der Waals surface area contributed by atoms with Crippen LogP contribution >= 0.6 is 0 Å². The molecule has 1 aliphatic heterocycles. The van der Waals surface area contributed by atoms with Gasteiger partial charge in [-0.25, -0.2) is 0 Å². The zero-order chi connectivity index (χ0) is 10.8. The van der Waals surface area contributed by atoms with E-state index in [-0.39, 0.29) is 6.10 Å². The van der Waals surface area contributed by atoms with Gasteiger partial charge in [0.15, 0.2) is 0 Å². The van der Waals surface area contributed by atoms with Gasteiger partial charge in [0.1, 0.15) is 11.9 Å². The normalized spacial score (nSPS) is 16.5. The molecule has 2 rings (SSSR count). The van der Waals surface area contributed by atoms with E-state index >= 15 is 0 Å². The van der Waals surface area contributed by atoms with Crippen molar-refractivity contribution in [3.8, 4) is 5.75 Å². The van der Waals surface area contributed by atoms with E-state index in [1.807, 2.05) is 0 Å². The molecular formula is C13H18O2. The lowest BCUT2D eigenvalue weighted by Crippen LogP contribution is -2.38. The van der Waals surface area contributed by atoms with Crippen molar-refractivity contribution in [3.05, 3.63) is 29.3 Å². The maximum Gasteiger partial charge on any atom is 0.145 e. The molecule has 0 unspecified atom stereocenters. The molecule has 0 saturated carbocycles. The van der Waals surface area contributed by atoms with Crippen LogP contribution in [0, 0.1) is 6.92 Å². The Morgan fingerprint density at radius 3 is 2.53 bits per heavy atom. The van der Waals surface area contributed by atoms with Crippen LogP contribution in [-0.2, 0) is 4.74 Å². The third-order valence-electron chi connectivity index (χ3n) is 2.77. The molecule has 1 aromatic rings. The van der Waals surface area contributed by atoms with Crippen LogP contribution in [0.25, 0.3) is 0 Å². The number of aryl methyl sites for hydroxylation is 1. The quantitative estimate of drug-likeness (QED) is 0.757. The van der Waals surface area contributed by atoms with Gasteiger partial charge >= 0.3 is 0 Å². The predicted molar refractivity (Wildman–Crippen MR) is 60.5 cm³/mol. The van der Waals surface area contributed by atoms with E-state index in [1.165, 1.54) is 11.1 Å². The highest BCUT2D eigenvalue weighted by Gasteiger charge is 2.20. The molecule has 0 radical (unpaired) electrons. The Balaban J connectivity index is 2.11. The number of ether oxygens (including phenoxy) is 2. The maximum atomic E-state index is 5.79. The highest BCUT2D eigenvalue weighted by molar-refractivity contribution is 5.37. The maximum absolute atomic E-state index is 5.79. The van der Waals surface area contributed by atoms with Gasteiger partial charge in [-0.2, -0.15) is 0 Å². The summed E-state index contributed by atoms with van der Waals surface area (Å²) >= 11 is 0. The van der Waals surface area contributed by atoms with Gasteiger partial charge in [-0.1, -0.05) is 26.0 Å². The first-order valence-corrected chi connectivity index (χ1v) is 5.52. The average molecular weight is 206 g/mol.